The van der Waals surface area contributed by atoms with Crippen molar-refractivity contribution >= 4 is 0 Å². The van der Waals surface area contributed by atoms with E-state index in [1.165, 1.54) is 32.2 Å². The van der Waals surface area contributed by atoms with Gasteiger partial charge in [0.15, 0.2) is 0 Å². The van der Waals surface area contributed by atoms with Gasteiger partial charge in [-0.15, -0.1) is 0 Å². The number of hydrogen-bond donors (Lipinski definition) is 0. The van der Waals surface area contributed by atoms with Crippen LogP contribution in [0.25, 0.3) is 0 Å². The van der Waals surface area contributed by atoms with Crippen molar-refractivity contribution in [2.24, 2.45) is 5.41 Å². The molecule has 2 aliphatic rings. The average molecular weight is 150 g/mol. The highest BCUT2D eigenvalue weighted by molar-refractivity contribution is 4.97. The molecule has 1 spiro atoms. The Bertz CT molecular complexity index is 188. The van der Waals surface area contributed by atoms with E-state index in [0.29, 0.717) is 12.0 Å². The van der Waals surface area contributed by atoms with E-state index in [0.717, 1.165) is 6.54 Å². The van der Waals surface area contributed by atoms with Crippen molar-refractivity contribution in [3.05, 3.63) is 0 Å². The molecule has 0 aromatic rings. The zero-order valence-electron chi connectivity index (χ0n) is 6.84. The molecule has 11 heavy (non-hydrogen) atoms. The van der Waals surface area contributed by atoms with Crippen LogP contribution in [0.2, 0.25) is 0 Å². The minimum absolute atomic E-state index is 0.641. The van der Waals surface area contributed by atoms with E-state index < -0.39 is 0 Å². The van der Waals surface area contributed by atoms with Gasteiger partial charge in [0.05, 0.1) is 12.6 Å². The van der Waals surface area contributed by atoms with Gasteiger partial charge in [0, 0.05) is 6.54 Å². The summed E-state index contributed by atoms with van der Waals surface area (Å²) in [4.78, 5) is 2.29. The number of nitrogens with zero attached hydrogens (tertiary/aromatic N) is 2. The summed E-state index contributed by atoms with van der Waals surface area (Å²) >= 11 is 0. The highest BCUT2D eigenvalue weighted by atomic mass is 15.2. The van der Waals surface area contributed by atoms with Gasteiger partial charge in [-0.25, -0.2) is 0 Å². The van der Waals surface area contributed by atoms with Crippen molar-refractivity contribution in [3.63, 3.8) is 0 Å². The molecule has 1 saturated carbocycles. The Labute approximate surface area is 67.8 Å². The second-order valence-corrected chi connectivity index (χ2v) is 3.97. The van der Waals surface area contributed by atoms with Gasteiger partial charge in [0.2, 0.25) is 0 Å². The maximum Gasteiger partial charge on any atom is 0.0866 e. The SMILES string of the molecule is N#CCN1CCC2(CCC2)C1. The lowest BCUT2D eigenvalue weighted by Gasteiger charge is -2.38. The van der Waals surface area contributed by atoms with Gasteiger partial charge in [0.1, 0.15) is 0 Å². The first-order chi connectivity index (χ1) is 5.35. The van der Waals surface area contributed by atoms with E-state index in [9.17, 15) is 0 Å². The molecule has 2 heteroatoms. The van der Waals surface area contributed by atoms with Crippen molar-refractivity contribution in [1.29, 1.82) is 5.26 Å². The first-order valence-corrected chi connectivity index (χ1v) is 4.44. The molecular formula is C9H14N2. The summed E-state index contributed by atoms with van der Waals surface area (Å²) in [7, 11) is 0. The first-order valence-electron chi connectivity index (χ1n) is 4.44. The summed E-state index contributed by atoms with van der Waals surface area (Å²) in [5.74, 6) is 0. The summed E-state index contributed by atoms with van der Waals surface area (Å²) in [5, 5.41) is 8.50. The van der Waals surface area contributed by atoms with Crippen LogP contribution in [0.4, 0.5) is 0 Å². The summed E-state index contributed by atoms with van der Waals surface area (Å²) in [6.45, 7) is 3.00. The Kier molecular flexibility index (Phi) is 1.61. The summed E-state index contributed by atoms with van der Waals surface area (Å²) in [6.07, 6.45) is 5.58. The third-order valence-electron chi connectivity index (χ3n) is 3.23. The molecule has 1 heterocycles. The fourth-order valence-electron chi connectivity index (χ4n) is 2.35. The molecule has 0 radical (unpaired) electrons. The van der Waals surface area contributed by atoms with Crippen LogP contribution in [0, 0.1) is 16.7 Å². The van der Waals surface area contributed by atoms with E-state index in [1.54, 1.807) is 0 Å². The molecule has 0 bridgehead atoms. The molecule has 1 saturated heterocycles. The molecule has 60 valence electrons. The first kappa shape index (κ1) is 7.12. The predicted molar refractivity (Wildman–Crippen MR) is 43.0 cm³/mol. The van der Waals surface area contributed by atoms with Gasteiger partial charge in [-0.05, 0) is 31.2 Å². The normalized spacial score (nSPS) is 28.3. The van der Waals surface area contributed by atoms with Crippen LogP contribution in [0.1, 0.15) is 25.7 Å². The van der Waals surface area contributed by atoms with Gasteiger partial charge in [-0.2, -0.15) is 5.26 Å². The lowest BCUT2D eigenvalue weighted by atomic mass is 9.68. The van der Waals surface area contributed by atoms with E-state index in [2.05, 4.69) is 11.0 Å². The van der Waals surface area contributed by atoms with E-state index >= 15 is 0 Å². The molecule has 2 nitrogen and oxygen atoms in total. The van der Waals surface area contributed by atoms with Crippen LogP contribution in [0.5, 0.6) is 0 Å². The highest BCUT2D eigenvalue weighted by Gasteiger charge is 2.42. The second-order valence-electron chi connectivity index (χ2n) is 3.97. The molecule has 0 unspecified atom stereocenters. The van der Waals surface area contributed by atoms with E-state index in [-0.39, 0.29) is 0 Å². The minimum atomic E-state index is 0.641. The number of hydrogen-bond acceptors (Lipinski definition) is 2. The third-order valence-corrected chi connectivity index (χ3v) is 3.23. The Morgan fingerprint density at radius 2 is 2.18 bits per heavy atom. The van der Waals surface area contributed by atoms with Crippen molar-refractivity contribution in [2.75, 3.05) is 19.6 Å². The van der Waals surface area contributed by atoms with Crippen LogP contribution in [-0.2, 0) is 0 Å². The van der Waals surface area contributed by atoms with Crippen molar-refractivity contribution in [2.45, 2.75) is 25.7 Å². The van der Waals surface area contributed by atoms with E-state index in [1.807, 2.05) is 0 Å². The second kappa shape index (κ2) is 2.49. The monoisotopic (exact) mass is 150 g/mol. The van der Waals surface area contributed by atoms with Crippen LogP contribution in [0.3, 0.4) is 0 Å². The molecule has 2 fully saturated rings. The Morgan fingerprint density at radius 3 is 2.64 bits per heavy atom. The van der Waals surface area contributed by atoms with Gasteiger partial charge < -0.3 is 0 Å². The Morgan fingerprint density at radius 1 is 1.36 bits per heavy atom. The molecule has 1 aliphatic heterocycles. The zero-order valence-corrected chi connectivity index (χ0v) is 6.84. The maximum atomic E-state index is 8.50. The Hall–Kier alpha value is -0.550. The number of nitriles is 1. The topological polar surface area (TPSA) is 27.0 Å². The Balaban J connectivity index is 1.89. The fraction of sp³-hybridized carbons (Fsp3) is 0.889. The molecule has 0 aromatic heterocycles. The van der Waals surface area contributed by atoms with Crippen LogP contribution < -0.4 is 0 Å². The van der Waals surface area contributed by atoms with Crippen molar-refractivity contribution < 1.29 is 0 Å². The lowest BCUT2D eigenvalue weighted by Crippen LogP contribution is -2.33. The van der Waals surface area contributed by atoms with Gasteiger partial charge >= 0.3 is 0 Å². The van der Waals surface area contributed by atoms with Gasteiger partial charge in [-0.3, -0.25) is 4.90 Å². The quantitative estimate of drug-likeness (QED) is 0.528. The maximum absolute atomic E-state index is 8.50. The highest BCUT2D eigenvalue weighted by Crippen LogP contribution is 2.47. The van der Waals surface area contributed by atoms with Crippen LogP contribution in [-0.4, -0.2) is 24.5 Å². The molecule has 1 aliphatic carbocycles. The number of likely N-dealkylation sites (tertiary alicyclic amines) is 1. The summed E-state index contributed by atoms with van der Waals surface area (Å²) in [5.41, 5.74) is 0.664. The lowest BCUT2D eigenvalue weighted by molar-refractivity contribution is 0.143. The summed E-state index contributed by atoms with van der Waals surface area (Å²) < 4.78 is 0. The average Bonchev–Trinajstić information content (AvgIpc) is 2.32. The fourth-order valence-corrected chi connectivity index (χ4v) is 2.35. The van der Waals surface area contributed by atoms with Crippen LogP contribution in [0.15, 0.2) is 0 Å². The van der Waals surface area contributed by atoms with Crippen LogP contribution >= 0.6 is 0 Å². The molecule has 0 atom stereocenters. The van der Waals surface area contributed by atoms with E-state index in [4.69, 9.17) is 5.26 Å². The summed E-state index contributed by atoms with van der Waals surface area (Å²) in [6, 6.07) is 2.22. The largest absolute Gasteiger partial charge is 0.290 e. The smallest absolute Gasteiger partial charge is 0.0866 e. The third kappa shape index (κ3) is 1.14. The molecule has 0 N–H and O–H groups in total. The number of rotatable bonds is 1. The van der Waals surface area contributed by atoms with Gasteiger partial charge in [-0.1, -0.05) is 6.42 Å². The molecular weight excluding hydrogens is 136 g/mol. The predicted octanol–water partition coefficient (Wildman–Crippen LogP) is 1.39. The molecule has 2 rings (SSSR count). The van der Waals surface area contributed by atoms with Crippen molar-refractivity contribution in [3.8, 4) is 6.07 Å². The van der Waals surface area contributed by atoms with Crippen molar-refractivity contribution in [1.82, 2.24) is 4.90 Å². The molecule has 0 amide bonds. The standard InChI is InChI=1S/C9H14N2/c10-5-7-11-6-4-9(8-11)2-1-3-9/h1-4,6-8H2. The van der Waals surface area contributed by atoms with Gasteiger partial charge in [0.25, 0.3) is 0 Å². The zero-order chi connectivity index (χ0) is 7.73. The molecule has 0 aromatic carbocycles. The minimum Gasteiger partial charge on any atom is -0.290 e.